The van der Waals surface area contributed by atoms with Crippen LogP contribution < -0.4 is 4.74 Å². The average molecular weight is 257 g/mol. The van der Waals surface area contributed by atoms with Crippen LogP contribution >= 0.6 is 0 Å². The molecule has 0 N–H and O–H groups in total. The quantitative estimate of drug-likeness (QED) is 0.614. The Labute approximate surface area is 113 Å². The maximum absolute atomic E-state index is 12.2. The summed E-state index contributed by atoms with van der Waals surface area (Å²) in [6, 6.07) is 9.34. The molecule has 0 aliphatic carbocycles. The van der Waals surface area contributed by atoms with Crippen LogP contribution in [-0.2, 0) is 4.79 Å². The van der Waals surface area contributed by atoms with E-state index in [-0.39, 0.29) is 5.97 Å². The Kier molecular flexibility index (Phi) is 3.84. The first kappa shape index (κ1) is 13.5. The zero-order chi connectivity index (χ0) is 13.9. The van der Waals surface area contributed by atoms with Crippen LogP contribution in [-0.4, -0.2) is 11.0 Å². The summed E-state index contributed by atoms with van der Waals surface area (Å²) in [4.78, 5) is 16.4. The SMILES string of the molecule is CCC(C)(CC)C(=O)Oc1ccc2ncccc2c1. The van der Waals surface area contributed by atoms with Crippen molar-refractivity contribution < 1.29 is 9.53 Å². The Morgan fingerprint density at radius 2 is 2.00 bits per heavy atom. The molecular formula is C16H19NO2. The number of aromatic nitrogens is 1. The standard InChI is InChI=1S/C16H19NO2/c1-4-16(3,5-2)15(18)19-13-8-9-14-12(11-13)7-6-10-17-14/h6-11H,4-5H2,1-3H3. The molecule has 0 aliphatic rings. The van der Waals surface area contributed by atoms with Gasteiger partial charge in [0.05, 0.1) is 10.9 Å². The van der Waals surface area contributed by atoms with Crippen molar-refractivity contribution in [2.24, 2.45) is 5.41 Å². The second kappa shape index (κ2) is 5.39. The molecule has 1 aromatic heterocycles. The molecule has 0 saturated carbocycles. The molecule has 19 heavy (non-hydrogen) atoms. The number of rotatable bonds is 4. The van der Waals surface area contributed by atoms with Crippen LogP contribution in [0.5, 0.6) is 5.75 Å². The van der Waals surface area contributed by atoms with Crippen molar-refractivity contribution in [2.75, 3.05) is 0 Å². The number of hydrogen-bond acceptors (Lipinski definition) is 3. The van der Waals surface area contributed by atoms with E-state index in [9.17, 15) is 4.79 Å². The van der Waals surface area contributed by atoms with Gasteiger partial charge < -0.3 is 4.74 Å². The maximum Gasteiger partial charge on any atom is 0.317 e. The van der Waals surface area contributed by atoms with Gasteiger partial charge in [-0.1, -0.05) is 19.9 Å². The fourth-order valence-corrected chi connectivity index (χ4v) is 1.89. The molecule has 0 atom stereocenters. The summed E-state index contributed by atoms with van der Waals surface area (Å²) in [5.74, 6) is 0.416. The van der Waals surface area contributed by atoms with Crippen LogP contribution in [0.1, 0.15) is 33.6 Å². The minimum absolute atomic E-state index is 0.166. The number of fused-ring (bicyclic) bond motifs is 1. The zero-order valence-corrected chi connectivity index (χ0v) is 11.6. The zero-order valence-electron chi connectivity index (χ0n) is 11.6. The van der Waals surface area contributed by atoms with E-state index >= 15 is 0 Å². The van der Waals surface area contributed by atoms with E-state index in [2.05, 4.69) is 4.98 Å². The Bertz CT molecular complexity index is 588. The van der Waals surface area contributed by atoms with E-state index < -0.39 is 5.41 Å². The largest absolute Gasteiger partial charge is 0.426 e. The molecular weight excluding hydrogens is 238 g/mol. The van der Waals surface area contributed by atoms with E-state index in [0.29, 0.717) is 5.75 Å². The Balaban J connectivity index is 2.24. The van der Waals surface area contributed by atoms with Gasteiger partial charge in [-0.15, -0.1) is 0 Å². The predicted octanol–water partition coefficient (Wildman–Crippen LogP) is 3.97. The third-order valence-corrected chi connectivity index (χ3v) is 3.84. The third kappa shape index (κ3) is 2.75. The number of carbonyl (C=O) groups is 1. The summed E-state index contributed by atoms with van der Waals surface area (Å²) < 4.78 is 5.50. The molecule has 0 amide bonds. The summed E-state index contributed by atoms with van der Waals surface area (Å²) >= 11 is 0. The first-order valence-electron chi connectivity index (χ1n) is 6.66. The number of hydrogen-bond donors (Lipinski definition) is 0. The topological polar surface area (TPSA) is 39.2 Å². The molecule has 0 spiro atoms. The van der Waals surface area contributed by atoms with Gasteiger partial charge in [0.1, 0.15) is 5.75 Å². The van der Waals surface area contributed by atoms with E-state index in [1.54, 1.807) is 12.3 Å². The molecule has 2 aromatic rings. The van der Waals surface area contributed by atoms with Gasteiger partial charge in [-0.3, -0.25) is 9.78 Å². The van der Waals surface area contributed by atoms with Gasteiger partial charge in [0.2, 0.25) is 0 Å². The maximum atomic E-state index is 12.2. The molecule has 0 aliphatic heterocycles. The van der Waals surface area contributed by atoms with Gasteiger partial charge in [0.15, 0.2) is 0 Å². The van der Waals surface area contributed by atoms with Crippen molar-refractivity contribution in [3.05, 3.63) is 36.5 Å². The van der Waals surface area contributed by atoms with Crippen LogP contribution in [0.4, 0.5) is 0 Å². The molecule has 0 fully saturated rings. The average Bonchev–Trinajstić information content (AvgIpc) is 2.46. The fourth-order valence-electron chi connectivity index (χ4n) is 1.89. The normalized spacial score (nSPS) is 11.5. The molecule has 1 aromatic carbocycles. The lowest BCUT2D eigenvalue weighted by molar-refractivity contribution is -0.145. The number of benzene rings is 1. The second-order valence-electron chi connectivity index (χ2n) is 5.02. The molecule has 0 saturated heterocycles. The summed E-state index contributed by atoms with van der Waals surface area (Å²) in [7, 11) is 0. The van der Waals surface area contributed by atoms with Crippen LogP contribution in [0, 0.1) is 5.41 Å². The Hall–Kier alpha value is -1.90. The summed E-state index contributed by atoms with van der Waals surface area (Å²) in [6.07, 6.45) is 3.30. The van der Waals surface area contributed by atoms with Gasteiger partial charge in [0.25, 0.3) is 0 Å². The minimum atomic E-state index is -0.413. The van der Waals surface area contributed by atoms with Gasteiger partial charge in [0, 0.05) is 11.6 Å². The summed E-state index contributed by atoms with van der Waals surface area (Å²) in [5, 5.41) is 0.975. The molecule has 3 nitrogen and oxygen atoms in total. The molecule has 0 radical (unpaired) electrons. The number of esters is 1. The second-order valence-corrected chi connectivity index (χ2v) is 5.02. The van der Waals surface area contributed by atoms with Crippen LogP contribution in [0.15, 0.2) is 36.5 Å². The number of ether oxygens (including phenoxy) is 1. The highest BCUT2D eigenvalue weighted by Gasteiger charge is 2.31. The number of carbonyl (C=O) groups excluding carboxylic acids is 1. The lowest BCUT2D eigenvalue weighted by atomic mass is 9.85. The number of nitrogens with zero attached hydrogens (tertiary/aromatic N) is 1. The molecule has 2 rings (SSSR count). The third-order valence-electron chi connectivity index (χ3n) is 3.84. The monoisotopic (exact) mass is 257 g/mol. The van der Waals surface area contributed by atoms with Crippen LogP contribution in [0.3, 0.4) is 0 Å². The van der Waals surface area contributed by atoms with Gasteiger partial charge in [-0.05, 0) is 44.0 Å². The Morgan fingerprint density at radius 1 is 1.26 bits per heavy atom. The molecule has 0 bridgehead atoms. The van der Waals surface area contributed by atoms with Crippen molar-refractivity contribution in [3.63, 3.8) is 0 Å². The van der Waals surface area contributed by atoms with Gasteiger partial charge in [-0.2, -0.15) is 0 Å². The van der Waals surface area contributed by atoms with Crippen LogP contribution in [0.2, 0.25) is 0 Å². The van der Waals surface area contributed by atoms with E-state index in [4.69, 9.17) is 4.74 Å². The van der Waals surface area contributed by atoms with Gasteiger partial charge >= 0.3 is 5.97 Å². The van der Waals surface area contributed by atoms with E-state index in [1.165, 1.54) is 0 Å². The Morgan fingerprint density at radius 3 is 2.68 bits per heavy atom. The van der Waals surface area contributed by atoms with Crippen LogP contribution in [0.25, 0.3) is 10.9 Å². The lowest BCUT2D eigenvalue weighted by Crippen LogP contribution is -2.30. The molecule has 100 valence electrons. The predicted molar refractivity (Wildman–Crippen MR) is 76.1 cm³/mol. The first-order chi connectivity index (χ1) is 9.09. The van der Waals surface area contributed by atoms with Crippen molar-refractivity contribution >= 4 is 16.9 Å². The van der Waals surface area contributed by atoms with Crippen molar-refractivity contribution in [1.29, 1.82) is 0 Å². The number of pyridine rings is 1. The summed E-state index contributed by atoms with van der Waals surface area (Å²) in [6.45, 7) is 5.96. The first-order valence-corrected chi connectivity index (χ1v) is 6.66. The van der Waals surface area contributed by atoms with Crippen molar-refractivity contribution in [1.82, 2.24) is 4.98 Å². The molecule has 0 unspecified atom stereocenters. The highest BCUT2D eigenvalue weighted by molar-refractivity contribution is 5.83. The smallest absolute Gasteiger partial charge is 0.317 e. The fraction of sp³-hybridized carbons (Fsp3) is 0.375. The van der Waals surface area contributed by atoms with E-state index in [1.807, 2.05) is 45.0 Å². The van der Waals surface area contributed by atoms with Gasteiger partial charge in [-0.25, -0.2) is 0 Å². The lowest BCUT2D eigenvalue weighted by Gasteiger charge is -2.23. The highest BCUT2D eigenvalue weighted by atomic mass is 16.5. The molecule has 1 heterocycles. The highest BCUT2D eigenvalue weighted by Crippen LogP contribution is 2.29. The summed E-state index contributed by atoms with van der Waals surface area (Å²) in [5.41, 5.74) is 0.486. The van der Waals surface area contributed by atoms with E-state index in [0.717, 1.165) is 23.7 Å². The van der Waals surface area contributed by atoms with Crippen molar-refractivity contribution in [3.8, 4) is 5.75 Å². The minimum Gasteiger partial charge on any atom is -0.426 e. The molecule has 3 heteroatoms. The van der Waals surface area contributed by atoms with Crippen molar-refractivity contribution in [2.45, 2.75) is 33.6 Å².